The third-order valence-corrected chi connectivity index (χ3v) is 4.94. The van der Waals surface area contributed by atoms with Crippen molar-refractivity contribution in [3.05, 3.63) is 58.3 Å². The summed E-state index contributed by atoms with van der Waals surface area (Å²) >= 11 is 5.88. The molecule has 0 radical (unpaired) electrons. The Labute approximate surface area is 156 Å². The molecule has 1 aliphatic heterocycles. The Kier molecular flexibility index (Phi) is 5.42. The van der Waals surface area contributed by atoms with E-state index >= 15 is 0 Å². The Hall–Kier alpha value is -2.60. The van der Waals surface area contributed by atoms with E-state index in [9.17, 15) is 19.5 Å². The molecule has 0 saturated carbocycles. The van der Waals surface area contributed by atoms with Gasteiger partial charge in [-0.1, -0.05) is 35.4 Å². The third-order valence-electron chi connectivity index (χ3n) is 4.62. The minimum absolute atomic E-state index is 0.0629. The van der Waals surface area contributed by atoms with E-state index in [1.165, 1.54) is 6.08 Å². The molecular formula is C19H19ClN2O4. The fourth-order valence-electron chi connectivity index (χ4n) is 3.25. The first-order valence-corrected chi connectivity index (χ1v) is 8.79. The minimum atomic E-state index is -1.13. The number of rotatable bonds is 5. The number of carbonyl (C=O) groups excluding carboxylic acids is 2. The number of aliphatic carboxylic acids is 1. The molecule has 1 heterocycles. The molecule has 2 aliphatic carbocycles. The molecule has 0 aromatic carbocycles. The molecule has 6 nitrogen and oxygen atoms in total. The summed E-state index contributed by atoms with van der Waals surface area (Å²) in [6, 6.07) is -1.10. The van der Waals surface area contributed by atoms with Gasteiger partial charge < -0.3 is 15.7 Å². The zero-order chi connectivity index (χ0) is 18.7. The molecule has 0 bridgehead atoms. The van der Waals surface area contributed by atoms with Crippen LogP contribution in [0.2, 0.25) is 0 Å². The van der Waals surface area contributed by atoms with E-state index in [0.29, 0.717) is 35.4 Å². The van der Waals surface area contributed by atoms with Crippen LogP contribution in [-0.2, 0) is 14.4 Å². The van der Waals surface area contributed by atoms with E-state index in [2.05, 4.69) is 10.6 Å². The van der Waals surface area contributed by atoms with Gasteiger partial charge in [0.1, 0.15) is 6.04 Å². The number of hydrogen-bond acceptors (Lipinski definition) is 3. The molecule has 7 heteroatoms. The highest BCUT2D eigenvalue weighted by Crippen LogP contribution is 2.32. The average molecular weight is 375 g/mol. The fraction of sp³-hybridized carbons (Fsp3) is 0.316. The maximum Gasteiger partial charge on any atom is 0.326 e. The number of carboxylic acid groups (broad SMARTS) is 1. The zero-order valence-electron chi connectivity index (χ0n) is 14.0. The molecule has 0 fully saturated rings. The number of carboxylic acids is 1. The molecule has 3 N–H and O–H groups in total. The average Bonchev–Trinajstić information content (AvgIpc) is 2.61. The number of allylic oxidation sites excluding steroid dienone is 7. The van der Waals surface area contributed by atoms with Crippen molar-refractivity contribution in [2.24, 2.45) is 5.92 Å². The van der Waals surface area contributed by atoms with Crippen LogP contribution in [-0.4, -0.2) is 28.9 Å². The zero-order valence-corrected chi connectivity index (χ0v) is 14.8. The van der Waals surface area contributed by atoms with Gasteiger partial charge in [0.25, 0.3) is 0 Å². The van der Waals surface area contributed by atoms with Crippen molar-refractivity contribution in [2.75, 3.05) is 0 Å². The van der Waals surface area contributed by atoms with E-state index in [-0.39, 0.29) is 18.2 Å². The largest absolute Gasteiger partial charge is 0.480 e. The molecule has 3 aliphatic rings. The molecule has 0 spiro atoms. The molecule has 3 rings (SSSR count). The van der Waals surface area contributed by atoms with Gasteiger partial charge in [-0.25, -0.2) is 4.79 Å². The van der Waals surface area contributed by atoms with Gasteiger partial charge in [-0.05, 0) is 31.4 Å². The molecule has 2 atom stereocenters. The number of nitrogens with one attached hydrogen (secondary N) is 2. The molecule has 26 heavy (non-hydrogen) atoms. The third kappa shape index (κ3) is 4.14. The van der Waals surface area contributed by atoms with E-state index < -0.39 is 17.9 Å². The second kappa shape index (κ2) is 7.74. The topological polar surface area (TPSA) is 95.5 Å². The molecule has 0 aromatic heterocycles. The predicted octanol–water partition coefficient (Wildman–Crippen LogP) is 2.30. The van der Waals surface area contributed by atoms with Gasteiger partial charge in [0.05, 0.1) is 0 Å². The van der Waals surface area contributed by atoms with Crippen LogP contribution in [0.5, 0.6) is 0 Å². The van der Waals surface area contributed by atoms with Crippen LogP contribution in [0.4, 0.5) is 0 Å². The van der Waals surface area contributed by atoms with Gasteiger partial charge in [0.2, 0.25) is 11.8 Å². The normalized spacial score (nSPS) is 22.8. The summed E-state index contributed by atoms with van der Waals surface area (Å²) in [4.78, 5) is 35.9. The predicted molar refractivity (Wildman–Crippen MR) is 97.0 cm³/mol. The van der Waals surface area contributed by atoms with Crippen LogP contribution < -0.4 is 10.6 Å². The Balaban J connectivity index is 1.73. The lowest BCUT2D eigenvalue weighted by Gasteiger charge is -2.30. The summed E-state index contributed by atoms with van der Waals surface area (Å²) in [5.74, 6) is -1.89. The van der Waals surface area contributed by atoms with Crippen LogP contribution in [0.3, 0.4) is 0 Å². The standard InChI is InChI=1S/C19H19ClN2O4/c20-13-7-5-11(6-8-13)18(24)22-16(19(25)26)9-12-10-17(23)21-15-4-2-1-3-14(12)15/h1-2,4-5,7,10,14,16H,3,6,8-9H2,(H,21,23)(H,22,24)(H,25,26). The molecule has 136 valence electrons. The van der Waals surface area contributed by atoms with Crippen molar-refractivity contribution in [1.29, 1.82) is 0 Å². The monoisotopic (exact) mass is 374 g/mol. The van der Waals surface area contributed by atoms with E-state index in [0.717, 1.165) is 5.70 Å². The summed E-state index contributed by atoms with van der Waals surface area (Å²) in [5, 5.41) is 15.5. The van der Waals surface area contributed by atoms with E-state index in [1.807, 2.05) is 18.2 Å². The Morgan fingerprint density at radius 2 is 2.12 bits per heavy atom. The van der Waals surface area contributed by atoms with Crippen LogP contribution in [0, 0.1) is 5.92 Å². The number of hydrogen-bond donors (Lipinski definition) is 3. The highest BCUT2D eigenvalue weighted by molar-refractivity contribution is 6.29. The summed E-state index contributed by atoms with van der Waals surface area (Å²) in [6.07, 6.45) is 12.1. The lowest BCUT2D eigenvalue weighted by atomic mass is 9.83. The van der Waals surface area contributed by atoms with Gasteiger partial charge in [-0.2, -0.15) is 0 Å². The summed E-state index contributed by atoms with van der Waals surface area (Å²) in [5.41, 5.74) is 1.97. The number of halogens is 1. The van der Waals surface area contributed by atoms with Crippen molar-refractivity contribution >= 4 is 29.4 Å². The Morgan fingerprint density at radius 1 is 1.31 bits per heavy atom. The van der Waals surface area contributed by atoms with Crippen molar-refractivity contribution in [1.82, 2.24) is 10.6 Å². The highest BCUT2D eigenvalue weighted by Gasteiger charge is 2.31. The quantitative estimate of drug-likeness (QED) is 0.688. The van der Waals surface area contributed by atoms with Crippen molar-refractivity contribution in [3.8, 4) is 0 Å². The number of fused-ring (bicyclic) bond motifs is 1. The second-order valence-electron chi connectivity index (χ2n) is 6.42. The van der Waals surface area contributed by atoms with E-state index in [4.69, 9.17) is 11.6 Å². The molecular weight excluding hydrogens is 356 g/mol. The van der Waals surface area contributed by atoms with Crippen LogP contribution in [0.1, 0.15) is 25.7 Å². The summed E-state index contributed by atoms with van der Waals surface area (Å²) < 4.78 is 0. The SMILES string of the molecule is O=C1C=C(CC(NC(=O)C2=CC=C(Cl)CC2)C(=O)O)C2CC=CC=C2N1. The Morgan fingerprint density at radius 3 is 2.81 bits per heavy atom. The maximum absolute atomic E-state index is 12.4. The number of amides is 2. The first kappa shape index (κ1) is 18.2. The maximum atomic E-state index is 12.4. The minimum Gasteiger partial charge on any atom is -0.480 e. The van der Waals surface area contributed by atoms with Gasteiger partial charge in [-0.15, -0.1) is 0 Å². The smallest absolute Gasteiger partial charge is 0.326 e. The molecule has 2 amide bonds. The number of carbonyl (C=O) groups is 3. The van der Waals surface area contributed by atoms with E-state index in [1.54, 1.807) is 12.2 Å². The van der Waals surface area contributed by atoms with Gasteiger partial charge in [0, 0.05) is 34.7 Å². The Bertz CT molecular complexity index is 804. The molecule has 0 aromatic rings. The van der Waals surface area contributed by atoms with Gasteiger partial charge >= 0.3 is 5.97 Å². The van der Waals surface area contributed by atoms with Crippen LogP contribution in [0.15, 0.2) is 58.3 Å². The highest BCUT2D eigenvalue weighted by atomic mass is 35.5. The van der Waals surface area contributed by atoms with Gasteiger partial charge in [0.15, 0.2) is 0 Å². The molecule has 0 saturated heterocycles. The molecule has 2 unspecified atom stereocenters. The summed E-state index contributed by atoms with van der Waals surface area (Å²) in [6.45, 7) is 0. The lowest BCUT2D eigenvalue weighted by Crippen LogP contribution is -2.43. The summed E-state index contributed by atoms with van der Waals surface area (Å²) in [7, 11) is 0. The van der Waals surface area contributed by atoms with Crippen LogP contribution >= 0.6 is 11.6 Å². The van der Waals surface area contributed by atoms with Crippen molar-refractivity contribution in [3.63, 3.8) is 0 Å². The first-order chi connectivity index (χ1) is 12.4. The first-order valence-electron chi connectivity index (χ1n) is 8.41. The van der Waals surface area contributed by atoms with Gasteiger partial charge in [-0.3, -0.25) is 9.59 Å². The second-order valence-corrected chi connectivity index (χ2v) is 6.91. The lowest BCUT2D eigenvalue weighted by molar-refractivity contribution is -0.141. The van der Waals surface area contributed by atoms with Crippen LogP contribution in [0.25, 0.3) is 0 Å². The fourth-order valence-corrected chi connectivity index (χ4v) is 3.40. The van der Waals surface area contributed by atoms with Crippen molar-refractivity contribution in [2.45, 2.75) is 31.7 Å². The van der Waals surface area contributed by atoms with Crippen molar-refractivity contribution < 1.29 is 19.5 Å².